The summed E-state index contributed by atoms with van der Waals surface area (Å²) in [5.41, 5.74) is 1.40. The van der Waals surface area contributed by atoms with E-state index < -0.39 is 0 Å². The first-order chi connectivity index (χ1) is 10.5. The zero-order chi connectivity index (χ0) is 16.1. The summed E-state index contributed by atoms with van der Waals surface area (Å²) >= 11 is 9.42. The van der Waals surface area contributed by atoms with Gasteiger partial charge < -0.3 is 9.47 Å². The van der Waals surface area contributed by atoms with Gasteiger partial charge in [0.05, 0.1) is 23.7 Å². The summed E-state index contributed by atoms with van der Waals surface area (Å²) in [4.78, 5) is 12.2. The number of benzene rings is 2. The van der Waals surface area contributed by atoms with Gasteiger partial charge in [-0.3, -0.25) is 4.79 Å². The molecule has 0 radical (unpaired) electrons. The van der Waals surface area contributed by atoms with Crippen LogP contribution in [0.4, 0.5) is 0 Å². The quantitative estimate of drug-likeness (QED) is 0.539. The molecule has 0 aliphatic heterocycles. The van der Waals surface area contributed by atoms with E-state index in [1.807, 2.05) is 6.07 Å². The Labute approximate surface area is 142 Å². The molecule has 0 unspecified atom stereocenters. The molecule has 0 aliphatic rings. The van der Waals surface area contributed by atoms with Crippen LogP contribution in [-0.2, 0) is 0 Å². The summed E-state index contributed by atoms with van der Waals surface area (Å²) in [7, 11) is 3.14. The average molecular weight is 382 g/mol. The molecule has 2 aromatic rings. The predicted molar refractivity (Wildman–Crippen MR) is 92.1 cm³/mol. The topological polar surface area (TPSA) is 35.5 Å². The molecule has 114 valence electrons. The van der Waals surface area contributed by atoms with E-state index in [0.717, 1.165) is 10.0 Å². The lowest BCUT2D eigenvalue weighted by Crippen LogP contribution is -1.95. The average Bonchev–Trinajstić information content (AvgIpc) is 2.52. The Morgan fingerprint density at radius 3 is 2.36 bits per heavy atom. The molecule has 0 saturated heterocycles. The minimum atomic E-state index is -0.102. The molecule has 0 aromatic heterocycles. The van der Waals surface area contributed by atoms with E-state index in [4.69, 9.17) is 21.1 Å². The van der Waals surface area contributed by atoms with Gasteiger partial charge in [0.25, 0.3) is 0 Å². The maximum absolute atomic E-state index is 12.2. The maximum atomic E-state index is 12.2. The molecule has 0 atom stereocenters. The fourth-order valence-corrected chi connectivity index (χ4v) is 2.68. The van der Waals surface area contributed by atoms with Crippen molar-refractivity contribution in [1.82, 2.24) is 0 Å². The van der Waals surface area contributed by atoms with Gasteiger partial charge in [0.15, 0.2) is 5.78 Å². The molecule has 22 heavy (non-hydrogen) atoms. The lowest BCUT2D eigenvalue weighted by atomic mass is 10.1. The normalized spacial score (nSPS) is 10.7. The fraction of sp³-hybridized carbons (Fsp3) is 0.118. The summed E-state index contributed by atoms with van der Waals surface area (Å²) in [6.07, 6.45) is 3.22. The first-order valence-electron chi connectivity index (χ1n) is 6.44. The van der Waals surface area contributed by atoms with Crippen LogP contribution in [0.15, 0.2) is 46.9 Å². The number of allylic oxidation sites excluding steroid dienone is 1. The number of methoxy groups -OCH3 is 2. The van der Waals surface area contributed by atoms with Gasteiger partial charge in [-0.1, -0.05) is 23.7 Å². The van der Waals surface area contributed by atoms with Gasteiger partial charge in [-0.2, -0.15) is 0 Å². The Kier molecular flexibility index (Phi) is 5.63. The minimum absolute atomic E-state index is 0.102. The predicted octanol–water partition coefficient (Wildman–Crippen LogP) is 5.02. The zero-order valence-electron chi connectivity index (χ0n) is 12.1. The van der Waals surface area contributed by atoms with Gasteiger partial charge in [-0.15, -0.1) is 0 Å². The van der Waals surface area contributed by atoms with Crippen molar-refractivity contribution in [2.45, 2.75) is 0 Å². The van der Waals surface area contributed by atoms with Gasteiger partial charge in [0.2, 0.25) is 0 Å². The Morgan fingerprint density at radius 2 is 1.77 bits per heavy atom. The molecule has 0 aliphatic carbocycles. The van der Waals surface area contributed by atoms with Crippen LogP contribution < -0.4 is 9.47 Å². The number of hydrogen-bond acceptors (Lipinski definition) is 3. The molecule has 2 rings (SSSR count). The lowest BCUT2D eigenvalue weighted by Gasteiger charge is -2.04. The van der Waals surface area contributed by atoms with Crippen molar-refractivity contribution in [1.29, 1.82) is 0 Å². The number of ether oxygens (including phenoxy) is 2. The van der Waals surface area contributed by atoms with E-state index in [9.17, 15) is 4.79 Å². The van der Waals surface area contributed by atoms with E-state index in [1.165, 1.54) is 6.08 Å². The molecule has 0 N–H and O–H groups in total. The van der Waals surface area contributed by atoms with Crippen LogP contribution in [0.2, 0.25) is 5.02 Å². The minimum Gasteiger partial charge on any atom is -0.496 e. The molecule has 0 spiro atoms. The van der Waals surface area contributed by atoms with Crippen LogP contribution in [0.1, 0.15) is 15.9 Å². The number of halogens is 2. The highest BCUT2D eigenvalue weighted by Crippen LogP contribution is 2.27. The van der Waals surface area contributed by atoms with Crippen molar-refractivity contribution in [3.63, 3.8) is 0 Å². The second-order valence-corrected chi connectivity index (χ2v) is 5.70. The van der Waals surface area contributed by atoms with E-state index in [2.05, 4.69) is 15.9 Å². The van der Waals surface area contributed by atoms with Gasteiger partial charge in [-0.05, 0) is 57.9 Å². The fourth-order valence-electron chi connectivity index (χ4n) is 1.87. The van der Waals surface area contributed by atoms with Crippen molar-refractivity contribution in [2.24, 2.45) is 0 Å². The smallest absolute Gasteiger partial charge is 0.185 e. The monoisotopic (exact) mass is 380 g/mol. The van der Waals surface area contributed by atoms with Crippen molar-refractivity contribution >= 4 is 39.4 Å². The summed E-state index contributed by atoms with van der Waals surface area (Å²) in [5, 5.41) is 0.504. The van der Waals surface area contributed by atoms with Crippen molar-refractivity contribution < 1.29 is 14.3 Å². The van der Waals surface area contributed by atoms with Crippen LogP contribution in [0.3, 0.4) is 0 Å². The largest absolute Gasteiger partial charge is 0.496 e. The Bertz CT molecular complexity index is 726. The Morgan fingerprint density at radius 1 is 1.09 bits per heavy atom. The first-order valence-corrected chi connectivity index (χ1v) is 7.61. The second kappa shape index (κ2) is 7.47. The molecule has 0 amide bonds. The summed E-state index contributed by atoms with van der Waals surface area (Å²) in [5.74, 6) is 1.18. The molecule has 2 aromatic carbocycles. The Balaban J connectivity index is 2.17. The number of rotatable bonds is 5. The van der Waals surface area contributed by atoms with Crippen LogP contribution >= 0.6 is 27.5 Å². The van der Waals surface area contributed by atoms with E-state index in [1.54, 1.807) is 50.6 Å². The highest BCUT2D eigenvalue weighted by atomic mass is 79.9. The molecule has 3 nitrogen and oxygen atoms in total. The van der Waals surface area contributed by atoms with Crippen molar-refractivity contribution in [3.8, 4) is 11.5 Å². The summed E-state index contributed by atoms with van der Waals surface area (Å²) < 4.78 is 11.0. The molecular weight excluding hydrogens is 368 g/mol. The lowest BCUT2D eigenvalue weighted by molar-refractivity contribution is 0.104. The SMILES string of the molecule is COc1ccc(/C=C/C(=O)c2ccc(OC)c(Br)c2)cc1Cl. The molecule has 0 saturated carbocycles. The third-order valence-corrected chi connectivity index (χ3v) is 3.95. The second-order valence-electron chi connectivity index (χ2n) is 4.44. The van der Waals surface area contributed by atoms with E-state index >= 15 is 0 Å². The standard InChI is InChI=1S/C17H14BrClO3/c1-21-16-8-5-12(10-13(16)18)15(20)6-3-11-4-7-17(22-2)14(19)9-11/h3-10H,1-2H3/b6-3+. The first kappa shape index (κ1) is 16.6. The van der Waals surface area contributed by atoms with Gasteiger partial charge in [0.1, 0.15) is 11.5 Å². The molecule has 5 heteroatoms. The third kappa shape index (κ3) is 3.90. The number of carbonyl (C=O) groups is 1. The summed E-state index contributed by atoms with van der Waals surface area (Å²) in [6.45, 7) is 0. The van der Waals surface area contributed by atoms with Gasteiger partial charge in [0, 0.05) is 5.56 Å². The highest BCUT2D eigenvalue weighted by Gasteiger charge is 2.06. The molecule has 0 heterocycles. The van der Waals surface area contributed by atoms with Crippen LogP contribution in [-0.4, -0.2) is 20.0 Å². The van der Waals surface area contributed by atoms with Gasteiger partial charge >= 0.3 is 0 Å². The number of carbonyl (C=O) groups excluding carboxylic acids is 1. The molecule has 0 bridgehead atoms. The maximum Gasteiger partial charge on any atom is 0.185 e. The van der Waals surface area contributed by atoms with Crippen molar-refractivity contribution in [2.75, 3.05) is 14.2 Å². The highest BCUT2D eigenvalue weighted by molar-refractivity contribution is 9.10. The van der Waals surface area contributed by atoms with E-state index in [-0.39, 0.29) is 5.78 Å². The van der Waals surface area contributed by atoms with Crippen LogP contribution in [0.25, 0.3) is 6.08 Å². The molecular formula is C17H14BrClO3. The number of ketones is 1. The Hall–Kier alpha value is -1.78. The van der Waals surface area contributed by atoms with E-state index in [0.29, 0.717) is 22.1 Å². The van der Waals surface area contributed by atoms with Gasteiger partial charge in [-0.25, -0.2) is 0 Å². The number of hydrogen-bond donors (Lipinski definition) is 0. The van der Waals surface area contributed by atoms with Crippen LogP contribution in [0, 0.1) is 0 Å². The van der Waals surface area contributed by atoms with Crippen LogP contribution in [0.5, 0.6) is 11.5 Å². The third-order valence-electron chi connectivity index (χ3n) is 3.04. The molecule has 0 fully saturated rings. The van der Waals surface area contributed by atoms with Crippen molar-refractivity contribution in [3.05, 3.63) is 63.1 Å². The summed E-state index contributed by atoms with van der Waals surface area (Å²) in [6, 6.07) is 10.5. The zero-order valence-corrected chi connectivity index (χ0v) is 14.4.